The maximum Gasteiger partial charge on any atom is 0.350 e. The van der Waals surface area contributed by atoms with Crippen molar-refractivity contribution in [2.24, 2.45) is 11.8 Å². The minimum Gasteiger partial charge on any atom is -0.396 e. The predicted octanol–water partition coefficient (Wildman–Crippen LogP) is 0.927. The van der Waals surface area contributed by atoms with Crippen LogP contribution in [0.25, 0.3) is 0 Å². The van der Waals surface area contributed by atoms with Gasteiger partial charge in [0, 0.05) is 13.2 Å². The van der Waals surface area contributed by atoms with Crippen LogP contribution in [0.5, 0.6) is 0 Å². The molecule has 4 nitrogen and oxygen atoms in total. The van der Waals surface area contributed by atoms with Crippen LogP contribution in [0.4, 0.5) is 8.78 Å². The topological polar surface area (TPSA) is 66.4 Å². The van der Waals surface area contributed by atoms with Crippen LogP contribution in [-0.2, 0) is 10.0 Å². The summed E-state index contributed by atoms with van der Waals surface area (Å²) >= 11 is 0. The number of hydrogen-bond acceptors (Lipinski definition) is 3. The molecule has 16 heavy (non-hydrogen) atoms. The lowest BCUT2D eigenvalue weighted by molar-refractivity contribution is 0.136. The van der Waals surface area contributed by atoms with Crippen molar-refractivity contribution in [1.82, 2.24) is 4.72 Å². The number of sulfonamides is 1. The quantitative estimate of drug-likeness (QED) is 0.770. The molecule has 0 aromatic carbocycles. The minimum atomic E-state index is -4.49. The van der Waals surface area contributed by atoms with E-state index in [9.17, 15) is 17.2 Å². The largest absolute Gasteiger partial charge is 0.396 e. The van der Waals surface area contributed by atoms with E-state index in [1.807, 2.05) is 4.72 Å². The van der Waals surface area contributed by atoms with E-state index in [0.29, 0.717) is 0 Å². The van der Waals surface area contributed by atoms with E-state index in [4.69, 9.17) is 5.11 Å². The smallest absolute Gasteiger partial charge is 0.350 e. The number of alkyl halides is 2. The first-order chi connectivity index (χ1) is 7.47. The average Bonchev–Trinajstić information content (AvgIpc) is 2.26. The van der Waals surface area contributed by atoms with Crippen LogP contribution in [0.1, 0.15) is 25.7 Å². The van der Waals surface area contributed by atoms with Gasteiger partial charge in [0.2, 0.25) is 0 Å². The summed E-state index contributed by atoms with van der Waals surface area (Å²) in [5, 5.41) is 9.07. The van der Waals surface area contributed by atoms with Gasteiger partial charge in [0.1, 0.15) is 0 Å². The van der Waals surface area contributed by atoms with Crippen molar-refractivity contribution in [3.63, 3.8) is 0 Å². The van der Waals surface area contributed by atoms with Gasteiger partial charge in [0.05, 0.1) is 0 Å². The molecule has 7 heteroatoms. The van der Waals surface area contributed by atoms with Gasteiger partial charge in [-0.15, -0.1) is 0 Å². The highest BCUT2D eigenvalue weighted by atomic mass is 32.2. The zero-order valence-corrected chi connectivity index (χ0v) is 9.72. The summed E-state index contributed by atoms with van der Waals surface area (Å²) in [4.78, 5) is 0. The molecule has 0 aromatic heterocycles. The summed E-state index contributed by atoms with van der Waals surface area (Å²) in [6.07, 6.45) is 3.56. The second-order valence-electron chi connectivity index (χ2n) is 4.14. The Morgan fingerprint density at radius 1 is 1.25 bits per heavy atom. The van der Waals surface area contributed by atoms with E-state index in [-0.39, 0.29) is 25.0 Å². The number of aliphatic hydroxyl groups is 1. The molecule has 2 N–H and O–H groups in total. The average molecular weight is 257 g/mol. The van der Waals surface area contributed by atoms with Crippen LogP contribution in [0, 0.1) is 11.8 Å². The Morgan fingerprint density at radius 2 is 1.81 bits per heavy atom. The summed E-state index contributed by atoms with van der Waals surface area (Å²) in [6.45, 7) is -0.0149. The minimum absolute atomic E-state index is 0.00208. The first kappa shape index (κ1) is 13.8. The number of aliphatic hydroxyl groups excluding tert-OH is 1. The van der Waals surface area contributed by atoms with Gasteiger partial charge in [-0.3, -0.25) is 0 Å². The lowest BCUT2D eigenvalue weighted by Crippen LogP contribution is -2.37. The molecular formula is C9H17F2NO3S. The fraction of sp³-hybridized carbons (Fsp3) is 1.00. The summed E-state index contributed by atoms with van der Waals surface area (Å²) in [6, 6.07) is 0. The zero-order chi connectivity index (χ0) is 12.2. The van der Waals surface area contributed by atoms with E-state index in [1.54, 1.807) is 0 Å². The fourth-order valence-electron chi connectivity index (χ4n) is 2.08. The molecule has 0 saturated heterocycles. The first-order valence-corrected chi connectivity index (χ1v) is 6.89. The molecule has 0 heterocycles. The molecule has 1 saturated carbocycles. The van der Waals surface area contributed by atoms with Crippen molar-refractivity contribution in [3.05, 3.63) is 0 Å². The van der Waals surface area contributed by atoms with Gasteiger partial charge in [-0.2, -0.15) is 8.78 Å². The molecule has 2 atom stereocenters. The third kappa shape index (κ3) is 3.64. The van der Waals surface area contributed by atoms with E-state index in [0.717, 1.165) is 25.7 Å². The molecule has 0 amide bonds. The molecule has 2 unspecified atom stereocenters. The predicted molar refractivity (Wildman–Crippen MR) is 55.5 cm³/mol. The van der Waals surface area contributed by atoms with Crippen LogP contribution in [0.3, 0.4) is 0 Å². The van der Waals surface area contributed by atoms with Gasteiger partial charge in [-0.25, -0.2) is 13.1 Å². The van der Waals surface area contributed by atoms with E-state index in [2.05, 4.69) is 0 Å². The highest BCUT2D eigenvalue weighted by molar-refractivity contribution is 7.89. The van der Waals surface area contributed by atoms with Crippen molar-refractivity contribution < 1.29 is 22.3 Å². The van der Waals surface area contributed by atoms with Crippen LogP contribution < -0.4 is 4.72 Å². The Morgan fingerprint density at radius 3 is 2.31 bits per heavy atom. The molecule has 1 aliphatic rings. The Balaban J connectivity index is 2.47. The van der Waals surface area contributed by atoms with Gasteiger partial charge in [-0.1, -0.05) is 12.8 Å². The molecule has 0 aliphatic heterocycles. The van der Waals surface area contributed by atoms with Crippen molar-refractivity contribution in [2.45, 2.75) is 31.4 Å². The lowest BCUT2D eigenvalue weighted by atomic mass is 9.80. The Bertz CT molecular complexity index is 308. The molecule has 1 rings (SSSR count). The van der Waals surface area contributed by atoms with Crippen molar-refractivity contribution in [3.8, 4) is 0 Å². The maximum absolute atomic E-state index is 12.0. The third-order valence-electron chi connectivity index (χ3n) is 3.08. The fourth-order valence-corrected chi connectivity index (χ4v) is 2.65. The van der Waals surface area contributed by atoms with Crippen molar-refractivity contribution in [2.75, 3.05) is 13.2 Å². The second kappa shape index (κ2) is 5.88. The van der Waals surface area contributed by atoms with Gasteiger partial charge < -0.3 is 5.11 Å². The molecule has 1 aliphatic carbocycles. The number of halogens is 2. The van der Waals surface area contributed by atoms with Crippen LogP contribution in [0.2, 0.25) is 0 Å². The molecule has 0 aromatic rings. The Labute approximate surface area is 94.1 Å². The zero-order valence-electron chi connectivity index (χ0n) is 8.90. The standard InChI is InChI=1S/C9H17F2NO3S/c10-9(11)16(14,15)12-5-7-3-1-2-4-8(7)6-13/h7-9,12-13H,1-6H2. The van der Waals surface area contributed by atoms with E-state index >= 15 is 0 Å². The number of rotatable bonds is 5. The normalized spacial score (nSPS) is 27.2. The van der Waals surface area contributed by atoms with Crippen LogP contribution in [-0.4, -0.2) is 32.4 Å². The summed E-state index contributed by atoms with van der Waals surface area (Å²) < 4.78 is 47.7. The molecular weight excluding hydrogens is 240 g/mol. The van der Waals surface area contributed by atoms with Crippen molar-refractivity contribution in [1.29, 1.82) is 0 Å². The second-order valence-corrected chi connectivity index (χ2v) is 5.88. The molecule has 96 valence electrons. The first-order valence-electron chi connectivity index (χ1n) is 5.35. The molecule has 0 radical (unpaired) electrons. The summed E-state index contributed by atoms with van der Waals surface area (Å²) in [7, 11) is -4.49. The van der Waals surface area contributed by atoms with Gasteiger partial charge in [-0.05, 0) is 24.7 Å². The molecule has 1 fully saturated rings. The Hall–Kier alpha value is -0.270. The lowest BCUT2D eigenvalue weighted by Gasteiger charge is -2.30. The van der Waals surface area contributed by atoms with Gasteiger partial charge >= 0.3 is 5.76 Å². The Kier molecular flexibility index (Phi) is 5.07. The SMILES string of the molecule is O=S(=O)(NCC1CCCCC1CO)C(F)F. The van der Waals surface area contributed by atoms with E-state index in [1.165, 1.54) is 0 Å². The highest BCUT2D eigenvalue weighted by Crippen LogP contribution is 2.29. The van der Waals surface area contributed by atoms with Gasteiger partial charge in [0.25, 0.3) is 10.0 Å². The maximum atomic E-state index is 12.0. The van der Waals surface area contributed by atoms with Crippen LogP contribution >= 0.6 is 0 Å². The van der Waals surface area contributed by atoms with E-state index < -0.39 is 15.8 Å². The number of nitrogens with one attached hydrogen (secondary N) is 1. The van der Waals surface area contributed by atoms with Crippen LogP contribution in [0.15, 0.2) is 0 Å². The number of hydrogen-bond donors (Lipinski definition) is 2. The molecule has 0 spiro atoms. The summed E-state index contributed by atoms with van der Waals surface area (Å²) in [5.74, 6) is -3.40. The third-order valence-corrected chi connectivity index (χ3v) is 4.12. The summed E-state index contributed by atoms with van der Waals surface area (Å²) in [5.41, 5.74) is 0. The van der Waals surface area contributed by atoms with Gasteiger partial charge in [0.15, 0.2) is 0 Å². The monoisotopic (exact) mass is 257 g/mol. The van der Waals surface area contributed by atoms with Crippen molar-refractivity contribution >= 4 is 10.0 Å². The highest BCUT2D eigenvalue weighted by Gasteiger charge is 2.28. The molecule has 0 bridgehead atoms.